The molecule has 4 fully saturated rings. The Kier molecular flexibility index (Phi) is 8.77. The number of hydrogen-bond acceptors (Lipinski definition) is 15. The SMILES string of the molecule is CC(C)(C)[Si](C)(C)OC12[C@@H]3O[C@@H](n4cnc5c(=O)[nH]c(N)nc54)[C@@H]1OP(O)(=S)OC[C@H]1C[C@@H](Nc4ccncn4)[C@H](F)[C@@H]1OP(=O)(S)O[C@@H]32. The summed E-state index contributed by atoms with van der Waals surface area (Å²) in [6.07, 6.45) is -3.29. The topological polar surface area (TPSA) is 220 Å². The van der Waals surface area contributed by atoms with Crippen LogP contribution in [0.1, 0.15) is 33.4 Å². The number of nitrogens with two attached hydrogens (primary N) is 1. The first-order chi connectivity index (χ1) is 22.8. The number of aromatic nitrogens is 6. The Balaban J connectivity index is 1.28. The van der Waals surface area contributed by atoms with Gasteiger partial charge in [-0.1, -0.05) is 33.0 Å². The van der Waals surface area contributed by atoms with Crippen LogP contribution in [0.25, 0.3) is 11.2 Å². The minimum atomic E-state index is -4.34. The first-order valence-corrected chi connectivity index (χ1v) is 23.6. The normalized spacial score (nSPS) is 39.5. The van der Waals surface area contributed by atoms with Gasteiger partial charge in [0.1, 0.15) is 48.3 Å². The number of aromatic amines is 1. The summed E-state index contributed by atoms with van der Waals surface area (Å²) in [7, 11) is -2.75. The highest BCUT2D eigenvalue weighted by Crippen LogP contribution is 2.70. The van der Waals surface area contributed by atoms with E-state index in [0.29, 0.717) is 5.82 Å². The van der Waals surface area contributed by atoms with E-state index in [1.54, 1.807) is 6.07 Å². The Bertz CT molecular complexity index is 1920. The number of H-pyrrole nitrogens is 1. The second kappa shape index (κ2) is 12.1. The van der Waals surface area contributed by atoms with Crippen molar-refractivity contribution in [1.82, 2.24) is 29.5 Å². The van der Waals surface area contributed by atoms with E-state index >= 15 is 4.39 Å². The van der Waals surface area contributed by atoms with Gasteiger partial charge >= 0.3 is 13.5 Å². The molecule has 3 aromatic rings. The summed E-state index contributed by atoms with van der Waals surface area (Å²) in [5, 5.41) is 2.66. The molecule has 17 nitrogen and oxygen atoms in total. The second-order valence-corrected chi connectivity index (χ2v) is 24.4. The molecule has 0 spiro atoms. The molecular formula is C26H37FN8O9P2S2Si. The van der Waals surface area contributed by atoms with Gasteiger partial charge in [-0.05, 0) is 42.4 Å². The van der Waals surface area contributed by atoms with Crippen LogP contribution in [0, 0.1) is 5.92 Å². The molecule has 2 aliphatic carbocycles. The van der Waals surface area contributed by atoms with E-state index in [4.69, 9.17) is 44.8 Å². The van der Waals surface area contributed by atoms with Gasteiger partial charge in [-0.25, -0.2) is 23.9 Å². The predicted molar refractivity (Wildman–Crippen MR) is 184 cm³/mol. The van der Waals surface area contributed by atoms with Gasteiger partial charge in [0.2, 0.25) is 5.95 Å². The highest BCUT2D eigenvalue weighted by atomic mass is 32.7. The number of nitrogens with zero attached hydrogens (tertiary/aromatic N) is 5. The van der Waals surface area contributed by atoms with Crippen molar-refractivity contribution in [3.8, 4) is 0 Å². The third kappa shape index (κ3) is 6.33. The third-order valence-electron chi connectivity index (χ3n) is 9.84. The molecule has 49 heavy (non-hydrogen) atoms. The van der Waals surface area contributed by atoms with Gasteiger partial charge in [0, 0.05) is 12.1 Å². The van der Waals surface area contributed by atoms with E-state index in [2.05, 4.69) is 42.5 Å². The molecule has 7 rings (SSSR count). The number of thiol groups is 1. The maximum atomic E-state index is 16.1. The van der Waals surface area contributed by atoms with E-state index in [0.717, 1.165) is 0 Å². The molecule has 3 aromatic heterocycles. The quantitative estimate of drug-likeness (QED) is 0.142. The Morgan fingerprint density at radius 3 is 2.71 bits per heavy atom. The van der Waals surface area contributed by atoms with Crippen LogP contribution < -0.4 is 16.6 Å². The zero-order chi connectivity index (χ0) is 35.3. The molecule has 3 unspecified atom stereocenters. The molecular weight excluding hydrogens is 741 g/mol. The summed E-state index contributed by atoms with van der Waals surface area (Å²) in [4.78, 5) is 43.0. The fourth-order valence-corrected chi connectivity index (χ4v) is 11.3. The van der Waals surface area contributed by atoms with Crippen molar-refractivity contribution in [3.63, 3.8) is 0 Å². The van der Waals surface area contributed by atoms with E-state index < -0.39 is 81.8 Å². The Morgan fingerprint density at radius 2 is 2.02 bits per heavy atom. The monoisotopic (exact) mass is 778 g/mol. The molecule has 0 amide bonds. The fourth-order valence-electron chi connectivity index (χ4n) is 6.43. The van der Waals surface area contributed by atoms with Crippen LogP contribution >= 0.6 is 25.8 Å². The number of nitrogens with one attached hydrogen (secondary N) is 2. The van der Waals surface area contributed by atoms with Gasteiger partial charge in [-0.2, -0.15) is 4.98 Å². The lowest BCUT2D eigenvalue weighted by Gasteiger charge is -2.42. The summed E-state index contributed by atoms with van der Waals surface area (Å²) in [5.41, 5.74) is 3.80. The molecule has 2 aliphatic heterocycles. The Labute approximate surface area is 291 Å². The van der Waals surface area contributed by atoms with E-state index in [9.17, 15) is 14.3 Å². The summed E-state index contributed by atoms with van der Waals surface area (Å²) >= 11 is 9.83. The first kappa shape index (κ1) is 35.5. The molecule has 23 heteroatoms. The molecule has 4 aliphatic rings. The van der Waals surface area contributed by atoms with Crippen LogP contribution in [-0.4, -0.2) is 91.5 Å². The van der Waals surface area contributed by atoms with Crippen molar-refractivity contribution in [3.05, 3.63) is 35.3 Å². The fraction of sp³-hybridized carbons (Fsp3) is 0.654. The lowest BCUT2D eigenvalue weighted by molar-refractivity contribution is -0.0859. The van der Waals surface area contributed by atoms with Crippen molar-refractivity contribution in [1.29, 1.82) is 0 Å². The molecule has 0 radical (unpaired) electrons. The number of ether oxygens (including phenoxy) is 1. The average molecular weight is 779 g/mol. The molecule has 5 N–H and O–H groups in total. The number of rotatable bonds is 5. The molecule has 268 valence electrons. The molecule has 5 heterocycles. The minimum Gasteiger partial charge on any atom is -0.403 e. The summed E-state index contributed by atoms with van der Waals surface area (Å²) in [6.45, 7) is 1.20. The zero-order valence-electron chi connectivity index (χ0n) is 27.0. The van der Waals surface area contributed by atoms with Crippen LogP contribution in [0.5, 0.6) is 0 Å². The Hall–Kier alpha value is -1.87. The molecule has 2 saturated carbocycles. The summed E-state index contributed by atoms with van der Waals surface area (Å²) < 4.78 is 69.0. The zero-order valence-corrected chi connectivity index (χ0v) is 31.5. The summed E-state index contributed by atoms with van der Waals surface area (Å²) in [5.74, 6) is -0.550. The third-order valence-corrected chi connectivity index (χ3v) is 17.4. The number of hydrogen-bond donors (Lipinski definition) is 5. The van der Waals surface area contributed by atoms with Crippen molar-refractivity contribution in [2.24, 2.45) is 5.92 Å². The largest absolute Gasteiger partial charge is 0.403 e. The van der Waals surface area contributed by atoms with E-state index in [1.165, 1.54) is 23.4 Å². The van der Waals surface area contributed by atoms with Gasteiger partial charge in [0.15, 0.2) is 25.7 Å². The lowest BCUT2D eigenvalue weighted by atomic mass is 10.1. The number of anilines is 2. The Morgan fingerprint density at radius 1 is 1.27 bits per heavy atom. The van der Waals surface area contributed by atoms with Crippen molar-refractivity contribution in [2.75, 3.05) is 17.7 Å². The maximum absolute atomic E-state index is 16.1. The van der Waals surface area contributed by atoms with Crippen LogP contribution in [0.4, 0.5) is 16.2 Å². The van der Waals surface area contributed by atoms with Crippen LogP contribution in [0.15, 0.2) is 29.7 Å². The first-order valence-electron chi connectivity index (χ1n) is 15.4. The van der Waals surface area contributed by atoms with Gasteiger partial charge in [-0.3, -0.25) is 27.9 Å². The van der Waals surface area contributed by atoms with Crippen molar-refractivity contribution in [2.45, 2.75) is 93.8 Å². The van der Waals surface area contributed by atoms with Crippen molar-refractivity contribution >= 4 is 68.8 Å². The minimum absolute atomic E-state index is 0.0233. The maximum Gasteiger partial charge on any atom is 0.386 e. The van der Waals surface area contributed by atoms with Gasteiger partial charge in [0.05, 0.1) is 19.0 Å². The van der Waals surface area contributed by atoms with Gasteiger partial charge < -0.3 is 29.6 Å². The molecule has 0 aromatic carbocycles. The second-order valence-electron chi connectivity index (χ2n) is 14.1. The number of imidazole rings is 1. The lowest BCUT2D eigenvalue weighted by Crippen LogP contribution is -2.51. The highest BCUT2D eigenvalue weighted by Gasteiger charge is 2.83. The number of fused-ring (bicyclic) bond motifs is 3. The van der Waals surface area contributed by atoms with Gasteiger partial charge in [0.25, 0.3) is 5.56 Å². The predicted octanol–water partition coefficient (Wildman–Crippen LogP) is 3.44. The average Bonchev–Trinajstić information content (AvgIpc) is 3.28. The number of alkyl halides is 1. The number of nitrogen functional groups attached to an aromatic ring is 1. The van der Waals surface area contributed by atoms with Crippen LogP contribution in [0.3, 0.4) is 0 Å². The number of halogens is 1. The van der Waals surface area contributed by atoms with Crippen LogP contribution in [0.2, 0.25) is 18.1 Å². The van der Waals surface area contributed by atoms with E-state index in [1.807, 2.05) is 33.9 Å². The van der Waals surface area contributed by atoms with Crippen LogP contribution in [-0.2, 0) is 43.6 Å². The molecule has 0 bridgehead atoms. The smallest absolute Gasteiger partial charge is 0.386 e. The standard InChI is InChI=1S/C26H37FN8O9P2S2Si/c1-25(2,3)49(4,5)44-26-18-19(26)42-46(38,48)41-17-12(8-13(15(17)27)32-14-6-7-29-10-30-14)9-39-45(37,47)43-20(26)23(40-18)35-11-31-16-21(35)33-24(28)34-22(16)36/h6-7,10-13,15,17-20,23H,8-9H2,1-5H3,(H,37,47)(H,38,48)(H,29,30,32)(H3,28,33,34,36)/t12-,13-,15+,17-,18-,19+,20+,23-,26?,45?,46?/m1/s1. The summed E-state index contributed by atoms with van der Waals surface area (Å²) in [6, 6.07) is 0.737. The van der Waals surface area contributed by atoms with E-state index in [-0.39, 0.29) is 35.2 Å². The molecule has 11 atom stereocenters. The van der Waals surface area contributed by atoms with Crippen molar-refractivity contribution < 1.29 is 41.1 Å². The van der Waals surface area contributed by atoms with Gasteiger partial charge in [-0.15, -0.1) is 0 Å². The molecule has 2 saturated heterocycles. The highest BCUT2D eigenvalue weighted by molar-refractivity contribution is 8.44.